The Balaban J connectivity index is 1.72. The van der Waals surface area contributed by atoms with E-state index < -0.39 is 0 Å². The summed E-state index contributed by atoms with van der Waals surface area (Å²) in [5, 5.41) is 7.29. The SMILES string of the molecule is CCn1c(N2CCC(N3CCCC3)C2)n[nH]c1=S. The van der Waals surface area contributed by atoms with Gasteiger partial charge in [0.25, 0.3) is 0 Å². The molecule has 2 aliphatic heterocycles. The molecule has 1 aromatic heterocycles. The van der Waals surface area contributed by atoms with E-state index in [1.165, 1.54) is 32.4 Å². The molecule has 1 unspecified atom stereocenters. The highest BCUT2D eigenvalue weighted by atomic mass is 32.1. The lowest BCUT2D eigenvalue weighted by atomic mass is 10.2. The first-order chi connectivity index (χ1) is 8.79. The molecule has 2 fully saturated rings. The second-order valence-corrected chi connectivity index (χ2v) is 5.59. The van der Waals surface area contributed by atoms with Crippen molar-refractivity contribution in [2.24, 2.45) is 0 Å². The van der Waals surface area contributed by atoms with Gasteiger partial charge in [-0.1, -0.05) is 0 Å². The van der Waals surface area contributed by atoms with E-state index in [9.17, 15) is 0 Å². The van der Waals surface area contributed by atoms with Crippen molar-refractivity contribution in [3.63, 3.8) is 0 Å². The number of anilines is 1. The third-order valence-corrected chi connectivity index (χ3v) is 4.47. The molecule has 2 saturated heterocycles. The van der Waals surface area contributed by atoms with Gasteiger partial charge in [-0.3, -0.25) is 9.47 Å². The third kappa shape index (κ3) is 2.07. The number of likely N-dealkylation sites (tertiary alicyclic amines) is 1. The standard InChI is InChI=1S/C12H21N5S/c1-2-17-11(13-14-12(17)18)16-8-5-10(9-16)15-6-3-4-7-15/h10H,2-9H2,1H3,(H,14,18). The Hall–Kier alpha value is -0.880. The summed E-state index contributed by atoms with van der Waals surface area (Å²) in [6.45, 7) is 7.75. The molecule has 2 aliphatic rings. The van der Waals surface area contributed by atoms with Crippen LogP contribution < -0.4 is 4.90 Å². The van der Waals surface area contributed by atoms with Gasteiger partial charge < -0.3 is 4.90 Å². The molecule has 100 valence electrons. The number of hydrogen-bond acceptors (Lipinski definition) is 4. The molecule has 0 aliphatic carbocycles. The van der Waals surface area contributed by atoms with Crippen molar-refractivity contribution in [1.82, 2.24) is 19.7 Å². The van der Waals surface area contributed by atoms with Gasteiger partial charge in [0.1, 0.15) is 0 Å². The summed E-state index contributed by atoms with van der Waals surface area (Å²) in [4.78, 5) is 5.01. The molecule has 0 spiro atoms. The molecule has 1 atom stereocenters. The Morgan fingerprint density at radius 1 is 1.33 bits per heavy atom. The Morgan fingerprint density at radius 2 is 2.11 bits per heavy atom. The van der Waals surface area contributed by atoms with Crippen molar-refractivity contribution in [2.45, 2.75) is 38.8 Å². The molecule has 6 heteroatoms. The van der Waals surface area contributed by atoms with E-state index in [4.69, 9.17) is 12.2 Å². The van der Waals surface area contributed by atoms with Crippen molar-refractivity contribution >= 4 is 18.2 Å². The lowest BCUT2D eigenvalue weighted by molar-refractivity contribution is 0.260. The molecule has 3 heterocycles. The molecule has 1 aromatic rings. The van der Waals surface area contributed by atoms with Gasteiger partial charge in [0.2, 0.25) is 5.95 Å². The largest absolute Gasteiger partial charge is 0.339 e. The van der Waals surface area contributed by atoms with Crippen LogP contribution in [-0.2, 0) is 6.54 Å². The molecule has 0 radical (unpaired) electrons. The van der Waals surface area contributed by atoms with Crippen LogP contribution in [-0.4, -0.2) is 51.9 Å². The fraction of sp³-hybridized carbons (Fsp3) is 0.833. The first-order valence-corrected chi connectivity index (χ1v) is 7.34. The zero-order valence-corrected chi connectivity index (χ0v) is 11.7. The smallest absolute Gasteiger partial charge is 0.225 e. The first kappa shape index (κ1) is 12.2. The fourth-order valence-corrected chi connectivity index (χ4v) is 3.42. The molecule has 5 nitrogen and oxygen atoms in total. The lowest BCUT2D eigenvalue weighted by Gasteiger charge is -2.23. The molecule has 18 heavy (non-hydrogen) atoms. The van der Waals surface area contributed by atoms with E-state index in [1.54, 1.807) is 0 Å². The summed E-state index contributed by atoms with van der Waals surface area (Å²) in [6, 6.07) is 0.711. The predicted molar refractivity (Wildman–Crippen MR) is 74.5 cm³/mol. The summed E-state index contributed by atoms with van der Waals surface area (Å²) in [5.74, 6) is 1.02. The first-order valence-electron chi connectivity index (χ1n) is 6.94. The normalized spacial score (nSPS) is 25.2. The molecular formula is C12H21N5S. The van der Waals surface area contributed by atoms with Crippen LogP contribution in [0, 0.1) is 4.77 Å². The highest BCUT2D eigenvalue weighted by Gasteiger charge is 2.31. The second kappa shape index (κ2) is 5.01. The average Bonchev–Trinajstić information content (AvgIpc) is 3.08. The van der Waals surface area contributed by atoms with E-state index in [-0.39, 0.29) is 0 Å². The minimum Gasteiger partial charge on any atom is -0.339 e. The summed E-state index contributed by atoms with van der Waals surface area (Å²) < 4.78 is 2.82. The van der Waals surface area contributed by atoms with E-state index in [2.05, 4.69) is 31.5 Å². The number of H-pyrrole nitrogens is 1. The summed E-state index contributed by atoms with van der Waals surface area (Å²) >= 11 is 5.25. The van der Waals surface area contributed by atoms with Crippen molar-refractivity contribution in [1.29, 1.82) is 0 Å². The van der Waals surface area contributed by atoms with Crippen LogP contribution in [0.3, 0.4) is 0 Å². The van der Waals surface area contributed by atoms with Crippen LogP contribution in [0.2, 0.25) is 0 Å². The van der Waals surface area contributed by atoms with Crippen molar-refractivity contribution in [3.05, 3.63) is 4.77 Å². The monoisotopic (exact) mass is 267 g/mol. The molecule has 3 rings (SSSR count). The van der Waals surface area contributed by atoms with E-state index in [0.717, 1.165) is 30.4 Å². The summed E-state index contributed by atoms with van der Waals surface area (Å²) in [7, 11) is 0. The second-order valence-electron chi connectivity index (χ2n) is 5.20. The Labute approximate surface area is 113 Å². The number of hydrogen-bond donors (Lipinski definition) is 1. The van der Waals surface area contributed by atoms with Crippen LogP contribution in [0.1, 0.15) is 26.2 Å². The molecule has 1 N–H and O–H groups in total. The third-order valence-electron chi connectivity index (χ3n) is 4.16. The number of nitrogens with zero attached hydrogens (tertiary/aromatic N) is 4. The van der Waals surface area contributed by atoms with E-state index in [0.29, 0.717) is 6.04 Å². The summed E-state index contributed by atoms with van der Waals surface area (Å²) in [5.41, 5.74) is 0. The predicted octanol–water partition coefficient (Wildman–Crippen LogP) is 1.64. The van der Waals surface area contributed by atoms with Crippen molar-refractivity contribution in [3.8, 4) is 0 Å². The Kier molecular flexibility index (Phi) is 3.39. The van der Waals surface area contributed by atoms with Gasteiger partial charge in [-0.05, 0) is 51.5 Å². The number of aromatic amines is 1. The Morgan fingerprint density at radius 3 is 2.83 bits per heavy atom. The highest BCUT2D eigenvalue weighted by Crippen LogP contribution is 2.24. The number of nitrogens with one attached hydrogen (secondary N) is 1. The minimum atomic E-state index is 0.711. The van der Waals surface area contributed by atoms with Crippen LogP contribution in [0.25, 0.3) is 0 Å². The average molecular weight is 267 g/mol. The Bertz CT molecular complexity index is 459. The molecule has 0 bridgehead atoms. The van der Waals surface area contributed by atoms with Gasteiger partial charge in [-0.15, -0.1) is 5.10 Å². The van der Waals surface area contributed by atoms with Crippen molar-refractivity contribution < 1.29 is 0 Å². The van der Waals surface area contributed by atoms with E-state index in [1.807, 2.05) is 0 Å². The molecular weight excluding hydrogens is 246 g/mol. The maximum Gasteiger partial charge on any atom is 0.225 e. The maximum atomic E-state index is 5.25. The van der Waals surface area contributed by atoms with Crippen LogP contribution in [0.5, 0.6) is 0 Å². The minimum absolute atomic E-state index is 0.711. The van der Waals surface area contributed by atoms with Crippen LogP contribution in [0.4, 0.5) is 5.95 Å². The fourth-order valence-electron chi connectivity index (χ4n) is 3.16. The van der Waals surface area contributed by atoms with Gasteiger partial charge in [-0.25, -0.2) is 5.10 Å². The van der Waals surface area contributed by atoms with Gasteiger partial charge in [-0.2, -0.15) is 0 Å². The number of aromatic nitrogens is 3. The quantitative estimate of drug-likeness (QED) is 0.845. The van der Waals surface area contributed by atoms with Gasteiger partial charge in [0, 0.05) is 25.7 Å². The topological polar surface area (TPSA) is 40.1 Å². The van der Waals surface area contributed by atoms with E-state index >= 15 is 0 Å². The molecule has 0 amide bonds. The summed E-state index contributed by atoms with van der Waals surface area (Å²) in [6.07, 6.45) is 3.98. The molecule has 0 aromatic carbocycles. The zero-order valence-electron chi connectivity index (χ0n) is 10.9. The van der Waals surface area contributed by atoms with Crippen LogP contribution in [0.15, 0.2) is 0 Å². The van der Waals surface area contributed by atoms with Gasteiger partial charge >= 0.3 is 0 Å². The van der Waals surface area contributed by atoms with Gasteiger partial charge in [0.15, 0.2) is 4.77 Å². The lowest BCUT2D eigenvalue weighted by Crippen LogP contribution is -2.35. The van der Waals surface area contributed by atoms with Gasteiger partial charge in [0.05, 0.1) is 0 Å². The zero-order chi connectivity index (χ0) is 12.5. The highest BCUT2D eigenvalue weighted by molar-refractivity contribution is 7.71. The van der Waals surface area contributed by atoms with Crippen molar-refractivity contribution in [2.75, 3.05) is 31.1 Å². The van der Waals surface area contributed by atoms with Crippen LogP contribution >= 0.6 is 12.2 Å². The number of rotatable bonds is 3. The maximum absolute atomic E-state index is 5.25. The molecule has 0 saturated carbocycles.